The van der Waals surface area contributed by atoms with Crippen molar-refractivity contribution < 1.29 is 18.9 Å². The second kappa shape index (κ2) is 7.99. The molecule has 4 heteroatoms. The minimum atomic E-state index is -0.880. The lowest BCUT2D eigenvalue weighted by Gasteiger charge is -2.45. The molecule has 4 nitrogen and oxygen atoms in total. The molecule has 0 radical (unpaired) electrons. The Balaban J connectivity index is 2.44. The second-order valence-corrected chi connectivity index (χ2v) is 6.41. The molecule has 2 aromatic carbocycles. The predicted molar refractivity (Wildman–Crippen MR) is 106 cm³/mol. The first-order valence-electron chi connectivity index (χ1n) is 8.88. The highest BCUT2D eigenvalue weighted by Gasteiger charge is 2.52. The van der Waals surface area contributed by atoms with Crippen molar-refractivity contribution in [3.63, 3.8) is 0 Å². The summed E-state index contributed by atoms with van der Waals surface area (Å²) in [5.74, 6) is 1.33. The number of methoxy groups -OCH3 is 4. The molecule has 0 aromatic heterocycles. The van der Waals surface area contributed by atoms with Crippen molar-refractivity contribution in [2.24, 2.45) is 0 Å². The van der Waals surface area contributed by atoms with Crippen molar-refractivity contribution in [2.75, 3.05) is 28.4 Å². The predicted octanol–water partition coefficient (Wildman–Crippen LogP) is 4.54. The van der Waals surface area contributed by atoms with Crippen LogP contribution in [0.2, 0.25) is 0 Å². The minimum Gasteiger partial charge on any atom is -0.493 e. The Hall–Kier alpha value is -2.56. The van der Waals surface area contributed by atoms with E-state index in [4.69, 9.17) is 18.9 Å². The molecule has 3 rings (SSSR count). The lowest BCUT2D eigenvalue weighted by molar-refractivity contribution is -0.0741. The van der Waals surface area contributed by atoms with Crippen LogP contribution in [0.15, 0.2) is 77.8 Å². The van der Waals surface area contributed by atoms with E-state index in [1.165, 1.54) is 0 Å². The minimum absolute atomic E-state index is 0.381. The van der Waals surface area contributed by atoms with E-state index in [1.807, 2.05) is 55.5 Å². The van der Waals surface area contributed by atoms with Gasteiger partial charge in [-0.3, -0.25) is 0 Å². The molecule has 1 aliphatic carbocycles. The maximum atomic E-state index is 6.28. The van der Waals surface area contributed by atoms with Crippen LogP contribution in [0.4, 0.5) is 0 Å². The van der Waals surface area contributed by atoms with E-state index < -0.39 is 5.60 Å². The Morgan fingerprint density at radius 3 is 1.78 bits per heavy atom. The Labute approximate surface area is 161 Å². The fraction of sp³-hybridized carbons (Fsp3) is 0.304. The van der Waals surface area contributed by atoms with Crippen molar-refractivity contribution >= 4 is 5.57 Å². The van der Waals surface area contributed by atoms with Crippen LogP contribution in [0.25, 0.3) is 5.57 Å². The van der Waals surface area contributed by atoms with E-state index in [0.717, 1.165) is 22.3 Å². The van der Waals surface area contributed by atoms with Crippen LogP contribution < -0.4 is 0 Å². The van der Waals surface area contributed by atoms with Gasteiger partial charge in [0, 0.05) is 25.4 Å². The quantitative estimate of drug-likeness (QED) is 0.752. The van der Waals surface area contributed by atoms with Crippen molar-refractivity contribution in [1.29, 1.82) is 0 Å². The summed E-state index contributed by atoms with van der Waals surface area (Å²) >= 11 is 0. The highest BCUT2D eigenvalue weighted by atomic mass is 16.5. The molecule has 2 aromatic rings. The standard InChI is InChI=1S/C23H26O4/c1-16-20(24-2)21(25-3)19(17-12-8-6-9-13-17)23(27-5,22(16)26-4)18-14-10-7-11-15-18/h6-15,22H,1-5H3. The Morgan fingerprint density at radius 2 is 1.30 bits per heavy atom. The fourth-order valence-electron chi connectivity index (χ4n) is 4.07. The average molecular weight is 366 g/mol. The first-order chi connectivity index (χ1) is 13.1. The van der Waals surface area contributed by atoms with Crippen LogP contribution in [-0.2, 0) is 24.5 Å². The zero-order valence-corrected chi connectivity index (χ0v) is 16.5. The summed E-state index contributed by atoms with van der Waals surface area (Å²) in [5, 5.41) is 0. The van der Waals surface area contributed by atoms with Gasteiger partial charge in [-0.05, 0) is 18.1 Å². The lowest BCUT2D eigenvalue weighted by Crippen LogP contribution is -2.47. The fourth-order valence-corrected chi connectivity index (χ4v) is 4.07. The van der Waals surface area contributed by atoms with Crippen LogP contribution in [-0.4, -0.2) is 34.5 Å². The molecular weight excluding hydrogens is 340 g/mol. The maximum absolute atomic E-state index is 6.28. The third kappa shape index (κ3) is 2.95. The molecule has 0 bridgehead atoms. The van der Waals surface area contributed by atoms with E-state index in [2.05, 4.69) is 12.1 Å². The first-order valence-corrected chi connectivity index (χ1v) is 8.88. The van der Waals surface area contributed by atoms with Gasteiger partial charge in [-0.2, -0.15) is 0 Å². The summed E-state index contributed by atoms with van der Waals surface area (Å²) in [4.78, 5) is 0. The Morgan fingerprint density at radius 1 is 0.741 bits per heavy atom. The van der Waals surface area contributed by atoms with E-state index in [1.54, 1.807) is 28.4 Å². The normalized spacial score (nSPS) is 22.8. The molecule has 2 atom stereocenters. The SMILES string of the molecule is COC1=C(C)C(OC)C(OC)(c2ccccc2)C(c2ccccc2)=C1OC. The third-order valence-corrected chi connectivity index (χ3v) is 5.16. The molecule has 0 heterocycles. The van der Waals surface area contributed by atoms with E-state index >= 15 is 0 Å². The zero-order valence-electron chi connectivity index (χ0n) is 16.5. The van der Waals surface area contributed by atoms with Crippen LogP contribution >= 0.6 is 0 Å². The molecular formula is C23H26O4. The molecule has 142 valence electrons. The van der Waals surface area contributed by atoms with Crippen molar-refractivity contribution in [1.82, 2.24) is 0 Å². The first kappa shape index (κ1) is 19.2. The van der Waals surface area contributed by atoms with Gasteiger partial charge in [0.2, 0.25) is 0 Å². The third-order valence-electron chi connectivity index (χ3n) is 5.16. The van der Waals surface area contributed by atoms with Gasteiger partial charge in [-0.25, -0.2) is 0 Å². The molecule has 0 aliphatic heterocycles. The molecule has 0 spiro atoms. The molecule has 0 saturated heterocycles. The van der Waals surface area contributed by atoms with E-state index in [9.17, 15) is 0 Å². The van der Waals surface area contributed by atoms with Gasteiger partial charge in [0.05, 0.1) is 14.2 Å². The number of ether oxygens (including phenoxy) is 4. The molecule has 0 fully saturated rings. The summed E-state index contributed by atoms with van der Waals surface area (Å²) in [7, 11) is 6.71. The summed E-state index contributed by atoms with van der Waals surface area (Å²) in [6.07, 6.45) is -0.381. The molecule has 0 amide bonds. The summed E-state index contributed by atoms with van der Waals surface area (Å²) in [6, 6.07) is 20.2. The maximum Gasteiger partial charge on any atom is 0.167 e. The monoisotopic (exact) mass is 366 g/mol. The molecule has 1 aliphatic rings. The molecule has 2 unspecified atom stereocenters. The second-order valence-electron chi connectivity index (χ2n) is 6.41. The zero-order chi connectivity index (χ0) is 19.4. The van der Waals surface area contributed by atoms with Crippen LogP contribution in [0, 0.1) is 0 Å². The Kier molecular flexibility index (Phi) is 5.68. The number of benzene rings is 2. The Bertz CT molecular complexity index is 839. The van der Waals surface area contributed by atoms with Gasteiger partial charge in [-0.1, -0.05) is 60.7 Å². The van der Waals surface area contributed by atoms with Gasteiger partial charge >= 0.3 is 0 Å². The topological polar surface area (TPSA) is 36.9 Å². The highest BCUT2D eigenvalue weighted by Crippen LogP contribution is 2.52. The summed E-state index contributed by atoms with van der Waals surface area (Å²) < 4.78 is 23.9. The van der Waals surface area contributed by atoms with Gasteiger partial charge < -0.3 is 18.9 Å². The molecule has 27 heavy (non-hydrogen) atoms. The number of hydrogen-bond acceptors (Lipinski definition) is 4. The van der Waals surface area contributed by atoms with Gasteiger partial charge in [0.1, 0.15) is 6.10 Å². The number of rotatable bonds is 6. The van der Waals surface area contributed by atoms with Crippen molar-refractivity contribution in [2.45, 2.75) is 18.6 Å². The van der Waals surface area contributed by atoms with E-state index in [-0.39, 0.29) is 6.10 Å². The molecule has 0 saturated carbocycles. The van der Waals surface area contributed by atoms with Crippen LogP contribution in [0.5, 0.6) is 0 Å². The van der Waals surface area contributed by atoms with Gasteiger partial charge in [-0.15, -0.1) is 0 Å². The van der Waals surface area contributed by atoms with Crippen LogP contribution in [0.3, 0.4) is 0 Å². The molecule has 0 N–H and O–H groups in total. The van der Waals surface area contributed by atoms with Gasteiger partial charge in [0.15, 0.2) is 17.1 Å². The van der Waals surface area contributed by atoms with Crippen molar-refractivity contribution in [3.05, 3.63) is 88.9 Å². The van der Waals surface area contributed by atoms with Gasteiger partial charge in [0.25, 0.3) is 0 Å². The van der Waals surface area contributed by atoms with Crippen molar-refractivity contribution in [3.8, 4) is 0 Å². The van der Waals surface area contributed by atoms with Crippen LogP contribution in [0.1, 0.15) is 18.1 Å². The lowest BCUT2D eigenvalue weighted by atomic mass is 9.71. The summed E-state index contributed by atoms with van der Waals surface area (Å²) in [6.45, 7) is 1.99. The average Bonchev–Trinajstić information content (AvgIpc) is 2.73. The number of hydrogen-bond donors (Lipinski definition) is 0. The largest absolute Gasteiger partial charge is 0.493 e. The summed E-state index contributed by atoms with van der Waals surface area (Å²) in [5.41, 5.74) is 2.90. The van der Waals surface area contributed by atoms with E-state index in [0.29, 0.717) is 11.5 Å². The highest BCUT2D eigenvalue weighted by molar-refractivity contribution is 5.81. The smallest absolute Gasteiger partial charge is 0.167 e.